The minimum atomic E-state index is -4.51. The number of fused-ring (bicyclic) bond motifs is 1. The molecule has 0 N–H and O–H groups in total. The molecule has 1 aromatic heterocycles. The van der Waals surface area contributed by atoms with Crippen LogP contribution in [0.5, 0.6) is 0 Å². The van der Waals surface area contributed by atoms with Gasteiger partial charge in [0, 0.05) is 18.0 Å². The molecule has 0 aliphatic rings. The number of halogens is 3. The number of hydrogen-bond acceptors (Lipinski definition) is 2. The minimum absolute atomic E-state index is 0.0290. The molecule has 0 aliphatic carbocycles. The maximum atomic E-state index is 13.2. The lowest BCUT2D eigenvalue weighted by molar-refractivity contribution is -0.136. The first kappa shape index (κ1) is 15.2. The van der Waals surface area contributed by atoms with Gasteiger partial charge in [-0.3, -0.25) is 0 Å². The number of rotatable bonds is 3. The summed E-state index contributed by atoms with van der Waals surface area (Å²) in [4.78, 5) is 11.8. The molecule has 0 atom stereocenters. The summed E-state index contributed by atoms with van der Waals surface area (Å²) in [6.07, 6.45) is -3.17. The first-order valence-corrected chi connectivity index (χ1v) is 6.29. The Labute approximate surface area is 119 Å². The molecule has 0 unspecified atom stereocenters. The van der Waals surface area contributed by atoms with E-state index in [0.717, 1.165) is 6.07 Å². The Kier molecular flexibility index (Phi) is 3.80. The number of carbonyl (C=O) groups is 1. The molecule has 3 nitrogen and oxygen atoms in total. The van der Waals surface area contributed by atoms with Crippen LogP contribution in [0.15, 0.2) is 24.8 Å². The number of ether oxygens (including phenoxy) is 1. The molecule has 2 aromatic rings. The Hall–Kier alpha value is -2.24. The van der Waals surface area contributed by atoms with Crippen LogP contribution >= 0.6 is 0 Å². The van der Waals surface area contributed by atoms with E-state index in [9.17, 15) is 18.0 Å². The standard InChI is InChI=1S/C15H14F3NO2/c1-4-9-6-11(15(16,17)18)10-8-13(14(20)21-5-2)19(3)12(10)7-9/h4,6-8H,1,5H2,2-3H3. The second-order valence-corrected chi connectivity index (χ2v) is 4.51. The summed E-state index contributed by atoms with van der Waals surface area (Å²) in [5.41, 5.74) is -0.0613. The fraction of sp³-hybridized carbons (Fsp3) is 0.267. The average molecular weight is 297 g/mol. The van der Waals surface area contributed by atoms with E-state index in [1.807, 2.05) is 0 Å². The zero-order valence-electron chi connectivity index (χ0n) is 11.6. The van der Waals surface area contributed by atoms with E-state index in [1.165, 1.54) is 23.8 Å². The zero-order chi connectivity index (χ0) is 15.8. The normalized spacial score (nSPS) is 11.7. The third kappa shape index (κ3) is 2.66. The van der Waals surface area contributed by atoms with E-state index >= 15 is 0 Å². The zero-order valence-corrected chi connectivity index (χ0v) is 11.6. The van der Waals surface area contributed by atoms with Crippen molar-refractivity contribution in [3.63, 3.8) is 0 Å². The molecule has 0 bridgehead atoms. The quantitative estimate of drug-likeness (QED) is 0.801. The molecular formula is C15H14F3NO2. The smallest absolute Gasteiger partial charge is 0.417 e. The molecule has 0 fully saturated rings. The number of esters is 1. The van der Waals surface area contributed by atoms with Crippen molar-refractivity contribution in [1.29, 1.82) is 0 Å². The number of benzene rings is 1. The van der Waals surface area contributed by atoms with Crippen LogP contribution in [-0.4, -0.2) is 17.1 Å². The lowest BCUT2D eigenvalue weighted by atomic mass is 10.1. The first-order valence-electron chi connectivity index (χ1n) is 6.29. The third-order valence-electron chi connectivity index (χ3n) is 3.21. The predicted molar refractivity (Wildman–Crippen MR) is 74.0 cm³/mol. The van der Waals surface area contributed by atoms with Crippen LogP contribution in [0.3, 0.4) is 0 Å². The Morgan fingerprint density at radius 1 is 1.38 bits per heavy atom. The SMILES string of the molecule is C=Cc1cc(C(F)(F)F)c2cc(C(=O)OCC)n(C)c2c1. The highest BCUT2D eigenvalue weighted by atomic mass is 19.4. The summed E-state index contributed by atoms with van der Waals surface area (Å²) in [6.45, 7) is 5.29. The van der Waals surface area contributed by atoms with E-state index in [4.69, 9.17) is 4.74 Å². The molecule has 0 spiro atoms. The number of aryl methyl sites for hydroxylation is 1. The fourth-order valence-electron chi connectivity index (χ4n) is 2.21. The van der Waals surface area contributed by atoms with E-state index in [2.05, 4.69) is 6.58 Å². The van der Waals surface area contributed by atoms with Crippen LogP contribution in [0.25, 0.3) is 17.0 Å². The Bertz CT molecular complexity index is 714. The molecule has 1 heterocycles. The summed E-state index contributed by atoms with van der Waals surface area (Å²) in [6, 6.07) is 3.79. The maximum absolute atomic E-state index is 13.2. The van der Waals surface area contributed by atoms with Gasteiger partial charge in [-0.25, -0.2) is 4.79 Å². The lowest BCUT2D eigenvalue weighted by Gasteiger charge is -2.10. The van der Waals surface area contributed by atoms with Gasteiger partial charge in [0.25, 0.3) is 0 Å². The van der Waals surface area contributed by atoms with Gasteiger partial charge in [0.1, 0.15) is 5.69 Å². The largest absolute Gasteiger partial charge is 0.461 e. The van der Waals surface area contributed by atoms with E-state index < -0.39 is 17.7 Å². The Balaban J connectivity index is 2.77. The molecule has 0 saturated heterocycles. The van der Waals surface area contributed by atoms with Gasteiger partial charge in [-0.1, -0.05) is 12.7 Å². The van der Waals surface area contributed by atoms with Crippen molar-refractivity contribution in [3.8, 4) is 0 Å². The highest BCUT2D eigenvalue weighted by molar-refractivity contribution is 5.97. The number of alkyl halides is 3. The number of carbonyl (C=O) groups excluding carboxylic acids is 1. The van der Waals surface area contributed by atoms with Crippen LogP contribution in [0, 0.1) is 0 Å². The second-order valence-electron chi connectivity index (χ2n) is 4.51. The van der Waals surface area contributed by atoms with Crippen LogP contribution in [-0.2, 0) is 18.0 Å². The molecule has 0 amide bonds. The van der Waals surface area contributed by atoms with Crippen LogP contribution < -0.4 is 0 Å². The molecule has 0 saturated carbocycles. The Morgan fingerprint density at radius 2 is 2.05 bits per heavy atom. The average Bonchev–Trinajstić information content (AvgIpc) is 2.74. The van der Waals surface area contributed by atoms with Gasteiger partial charge in [-0.05, 0) is 30.7 Å². The number of nitrogens with zero attached hydrogens (tertiary/aromatic N) is 1. The van der Waals surface area contributed by atoms with Crippen molar-refractivity contribution < 1.29 is 22.7 Å². The van der Waals surface area contributed by atoms with Gasteiger partial charge < -0.3 is 9.30 Å². The van der Waals surface area contributed by atoms with Crippen molar-refractivity contribution in [2.45, 2.75) is 13.1 Å². The molecule has 112 valence electrons. The monoisotopic (exact) mass is 297 g/mol. The van der Waals surface area contributed by atoms with E-state index in [0.29, 0.717) is 11.1 Å². The molecule has 1 aromatic carbocycles. The van der Waals surface area contributed by atoms with Gasteiger partial charge in [0.15, 0.2) is 0 Å². The number of aromatic nitrogens is 1. The summed E-state index contributed by atoms with van der Waals surface area (Å²) in [5.74, 6) is -0.649. The van der Waals surface area contributed by atoms with Gasteiger partial charge in [-0.2, -0.15) is 13.2 Å². The molecule has 21 heavy (non-hydrogen) atoms. The van der Waals surface area contributed by atoms with Crippen molar-refractivity contribution in [2.24, 2.45) is 7.05 Å². The number of hydrogen-bond donors (Lipinski definition) is 0. The summed E-state index contributed by atoms with van der Waals surface area (Å²) >= 11 is 0. The summed E-state index contributed by atoms with van der Waals surface area (Å²) < 4.78 is 45.8. The molecular weight excluding hydrogens is 283 g/mol. The van der Waals surface area contributed by atoms with Crippen molar-refractivity contribution in [1.82, 2.24) is 4.57 Å². The van der Waals surface area contributed by atoms with Crippen LogP contribution in [0.1, 0.15) is 28.5 Å². The van der Waals surface area contributed by atoms with Gasteiger partial charge in [0.05, 0.1) is 12.2 Å². The lowest BCUT2D eigenvalue weighted by Crippen LogP contribution is -2.09. The molecule has 0 radical (unpaired) electrons. The van der Waals surface area contributed by atoms with E-state index in [-0.39, 0.29) is 17.7 Å². The third-order valence-corrected chi connectivity index (χ3v) is 3.21. The van der Waals surface area contributed by atoms with E-state index in [1.54, 1.807) is 13.0 Å². The van der Waals surface area contributed by atoms with Gasteiger partial charge in [0.2, 0.25) is 0 Å². The first-order chi connectivity index (χ1) is 9.79. The minimum Gasteiger partial charge on any atom is -0.461 e. The summed E-state index contributed by atoms with van der Waals surface area (Å²) in [5, 5.41) is -0.0290. The van der Waals surface area contributed by atoms with Gasteiger partial charge in [-0.15, -0.1) is 0 Å². The Morgan fingerprint density at radius 3 is 2.57 bits per heavy atom. The highest BCUT2D eigenvalue weighted by Crippen LogP contribution is 2.37. The molecule has 0 aliphatic heterocycles. The van der Waals surface area contributed by atoms with Crippen LogP contribution in [0.2, 0.25) is 0 Å². The topological polar surface area (TPSA) is 31.2 Å². The van der Waals surface area contributed by atoms with Crippen molar-refractivity contribution in [2.75, 3.05) is 6.61 Å². The van der Waals surface area contributed by atoms with Gasteiger partial charge >= 0.3 is 12.1 Å². The summed E-state index contributed by atoms with van der Waals surface area (Å²) in [7, 11) is 1.53. The predicted octanol–water partition coefficient (Wildman–Crippen LogP) is 4.02. The molecule has 6 heteroatoms. The molecule has 2 rings (SSSR count). The fourth-order valence-corrected chi connectivity index (χ4v) is 2.21. The maximum Gasteiger partial charge on any atom is 0.417 e. The van der Waals surface area contributed by atoms with Crippen molar-refractivity contribution >= 4 is 22.9 Å². The second kappa shape index (κ2) is 5.27. The highest BCUT2D eigenvalue weighted by Gasteiger charge is 2.34. The van der Waals surface area contributed by atoms with Crippen LogP contribution in [0.4, 0.5) is 13.2 Å². The van der Waals surface area contributed by atoms with Crippen molar-refractivity contribution in [3.05, 3.63) is 41.6 Å².